The maximum Gasteiger partial charge on any atom is 0.408 e. The molecule has 11 nitrogen and oxygen atoms in total. The van der Waals surface area contributed by atoms with Crippen molar-refractivity contribution >= 4 is 29.2 Å². The van der Waals surface area contributed by atoms with Crippen LogP contribution in [0.1, 0.15) is 45.1 Å². The molecular formula is C29H44N6O5S. The molecule has 0 radical (unpaired) electrons. The van der Waals surface area contributed by atoms with E-state index in [-0.39, 0.29) is 30.5 Å². The predicted octanol–water partition coefficient (Wildman–Crippen LogP) is 1.67. The number of piperazine rings is 1. The Balaban J connectivity index is 1.71. The van der Waals surface area contributed by atoms with E-state index in [1.54, 1.807) is 11.7 Å². The number of aliphatic hydroxyl groups excluding tert-OH is 1. The number of benzene rings is 1. The minimum absolute atomic E-state index is 0.0624. The number of hydrogen-bond acceptors (Lipinski definition) is 9. The van der Waals surface area contributed by atoms with Crippen molar-refractivity contribution in [2.75, 3.05) is 26.2 Å². The molecule has 1 aromatic heterocycles. The summed E-state index contributed by atoms with van der Waals surface area (Å²) in [5, 5.41) is 23.4. The van der Waals surface area contributed by atoms with Crippen LogP contribution < -0.4 is 21.3 Å². The smallest absolute Gasteiger partial charge is 0.408 e. The fourth-order valence-electron chi connectivity index (χ4n) is 4.62. The van der Waals surface area contributed by atoms with Gasteiger partial charge < -0.3 is 31.1 Å². The highest BCUT2D eigenvalue weighted by molar-refractivity contribution is 7.09. The van der Waals surface area contributed by atoms with Crippen LogP contribution in [0.3, 0.4) is 0 Å². The summed E-state index contributed by atoms with van der Waals surface area (Å²) in [5.74, 6) is -0.766. The second-order valence-corrected chi connectivity index (χ2v) is 12.7. The summed E-state index contributed by atoms with van der Waals surface area (Å²) in [6, 6.07) is 7.59. The minimum Gasteiger partial charge on any atom is -0.444 e. The van der Waals surface area contributed by atoms with Crippen LogP contribution in [0.5, 0.6) is 0 Å². The van der Waals surface area contributed by atoms with Crippen molar-refractivity contribution in [1.82, 2.24) is 31.2 Å². The molecule has 226 valence electrons. The summed E-state index contributed by atoms with van der Waals surface area (Å²) in [5.41, 5.74) is 2.21. The maximum atomic E-state index is 13.5. The lowest BCUT2D eigenvalue weighted by molar-refractivity contribution is -0.130. The van der Waals surface area contributed by atoms with Crippen LogP contribution in [0.2, 0.25) is 0 Å². The zero-order valence-electron chi connectivity index (χ0n) is 24.6. The van der Waals surface area contributed by atoms with E-state index in [0.29, 0.717) is 26.1 Å². The molecule has 1 fully saturated rings. The lowest BCUT2D eigenvalue weighted by atomic mass is 9.97. The van der Waals surface area contributed by atoms with Gasteiger partial charge in [-0.15, -0.1) is 11.3 Å². The Morgan fingerprint density at radius 3 is 2.56 bits per heavy atom. The van der Waals surface area contributed by atoms with Gasteiger partial charge in [-0.05, 0) is 38.7 Å². The number of aliphatic hydroxyl groups is 1. The molecular weight excluding hydrogens is 544 g/mol. The van der Waals surface area contributed by atoms with Gasteiger partial charge in [0.15, 0.2) is 0 Å². The minimum atomic E-state index is -0.978. The summed E-state index contributed by atoms with van der Waals surface area (Å²) in [6.07, 6.45) is 0.309. The van der Waals surface area contributed by atoms with E-state index in [0.717, 1.165) is 10.4 Å². The SMILES string of the molecule is CC(C)[C@H](NC(=O)OCc1cncs1)C(=O)N[C@@H](Cc1ccccc1)[C@H](O)CN1CCNC[C@H]1C(=O)NC(C)(C)C. The van der Waals surface area contributed by atoms with Gasteiger partial charge in [0.05, 0.1) is 22.5 Å². The number of nitrogens with zero attached hydrogens (tertiary/aromatic N) is 2. The third-order valence-electron chi connectivity index (χ3n) is 6.72. The number of carbonyl (C=O) groups is 3. The molecule has 3 amide bonds. The van der Waals surface area contributed by atoms with E-state index in [9.17, 15) is 19.5 Å². The van der Waals surface area contributed by atoms with Gasteiger partial charge in [0.1, 0.15) is 18.7 Å². The lowest BCUT2D eigenvalue weighted by Gasteiger charge is -2.39. The molecule has 1 aromatic carbocycles. The molecule has 0 saturated carbocycles. The Morgan fingerprint density at radius 2 is 1.93 bits per heavy atom. The van der Waals surface area contributed by atoms with Crippen molar-refractivity contribution in [3.63, 3.8) is 0 Å². The second kappa shape index (κ2) is 15.2. The van der Waals surface area contributed by atoms with Crippen molar-refractivity contribution < 1.29 is 24.2 Å². The second-order valence-electron chi connectivity index (χ2n) is 11.7. The van der Waals surface area contributed by atoms with Gasteiger partial charge in [0, 0.05) is 37.9 Å². The first kappa shape index (κ1) is 32.5. The third-order valence-corrected chi connectivity index (χ3v) is 7.47. The number of aromatic nitrogens is 1. The number of alkyl carbamates (subject to hydrolysis) is 1. The Hall–Kier alpha value is -3.06. The van der Waals surface area contributed by atoms with Crippen LogP contribution in [0.15, 0.2) is 42.0 Å². The molecule has 1 aliphatic heterocycles. The van der Waals surface area contributed by atoms with Crippen molar-refractivity contribution in [1.29, 1.82) is 0 Å². The molecule has 0 bridgehead atoms. The van der Waals surface area contributed by atoms with Gasteiger partial charge in [-0.3, -0.25) is 19.5 Å². The highest BCUT2D eigenvalue weighted by Gasteiger charge is 2.35. The summed E-state index contributed by atoms with van der Waals surface area (Å²) < 4.78 is 5.28. The number of carbonyl (C=O) groups excluding carboxylic acids is 3. The van der Waals surface area contributed by atoms with Gasteiger partial charge in [-0.1, -0.05) is 44.2 Å². The summed E-state index contributed by atoms with van der Waals surface area (Å²) in [7, 11) is 0. The number of thiazole rings is 1. The van der Waals surface area contributed by atoms with E-state index in [1.807, 2.05) is 69.9 Å². The molecule has 2 aromatic rings. The molecule has 1 saturated heterocycles. The molecule has 12 heteroatoms. The average molecular weight is 589 g/mol. The fraction of sp³-hybridized carbons (Fsp3) is 0.586. The number of rotatable bonds is 12. The number of β-amino-alcohol motifs (C(OH)–C–C–N with tert-alkyl or cyclic N) is 1. The van der Waals surface area contributed by atoms with Crippen LogP contribution in [0, 0.1) is 5.92 Å². The van der Waals surface area contributed by atoms with Crippen molar-refractivity contribution in [3.05, 3.63) is 52.5 Å². The highest BCUT2D eigenvalue weighted by Crippen LogP contribution is 2.14. The molecule has 5 N–H and O–H groups in total. The van der Waals surface area contributed by atoms with Crippen LogP contribution >= 0.6 is 11.3 Å². The first-order valence-electron chi connectivity index (χ1n) is 14.0. The summed E-state index contributed by atoms with van der Waals surface area (Å²) >= 11 is 1.37. The molecule has 2 heterocycles. The van der Waals surface area contributed by atoms with E-state index in [4.69, 9.17) is 4.74 Å². The van der Waals surface area contributed by atoms with Crippen LogP contribution in [-0.4, -0.2) is 88.8 Å². The van der Waals surface area contributed by atoms with Gasteiger partial charge in [-0.25, -0.2) is 4.79 Å². The van der Waals surface area contributed by atoms with Gasteiger partial charge >= 0.3 is 6.09 Å². The zero-order chi connectivity index (χ0) is 30.0. The first-order valence-corrected chi connectivity index (χ1v) is 14.9. The number of ether oxygens (including phenoxy) is 1. The maximum absolute atomic E-state index is 13.5. The fourth-order valence-corrected chi connectivity index (χ4v) is 5.13. The molecule has 3 rings (SSSR count). The predicted molar refractivity (Wildman–Crippen MR) is 158 cm³/mol. The Kier molecular flexibility index (Phi) is 12.1. The van der Waals surface area contributed by atoms with E-state index in [1.165, 1.54) is 11.3 Å². The monoisotopic (exact) mass is 588 g/mol. The largest absolute Gasteiger partial charge is 0.444 e. The van der Waals surface area contributed by atoms with Gasteiger partial charge in [0.25, 0.3) is 0 Å². The van der Waals surface area contributed by atoms with Gasteiger partial charge in [-0.2, -0.15) is 0 Å². The first-order chi connectivity index (χ1) is 19.4. The van der Waals surface area contributed by atoms with E-state index >= 15 is 0 Å². The zero-order valence-corrected chi connectivity index (χ0v) is 25.4. The average Bonchev–Trinajstić information content (AvgIpc) is 3.43. The Labute approximate surface area is 246 Å². The molecule has 0 unspecified atom stereocenters. The molecule has 4 atom stereocenters. The standard InChI is InChI=1S/C29H44N6O5S/c1-19(2)25(33-28(39)40-17-21-14-31-18-41-21)27(38)32-22(13-20-9-7-6-8-10-20)24(36)16-35-12-11-30-15-23(35)26(37)34-29(3,4)5/h6-10,14,18-19,22-25,30,36H,11-13,15-17H2,1-5H3,(H,32,38)(H,33,39)(H,34,37)/t22-,23-,24+,25-/m0/s1. The number of amides is 3. The van der Waals surface area contributed by atoms with Crippen molar-refractivity contribution in [2.24, 2.45) is 5.92 Å². The van der Waals surface area contributed by atoms with Crippen molar-refractivity contribution in [2.45, 2.75) is 77.4 Å². The normalized spacial score (nSPS) is 18.3. The quantitative estimate of drug-likeness (QED) is 0.252. The van der Waals surface area contributed by atoms with Gasteiger partial charge in [0.2, 0.25) is 11.8 Å². The number of nitrogens with one attached hydrogen (secondary N) is 4. The lowest BCUT2D eigenvalue weighted by Crippen LogP contribution is -2.63. The summed E-state index contributed by atoms with van der Waals surface area (Å²) in [4.78, 5) is 45.7. The van der Waals surface area contributed by atoms with Crippen LogP contribution in [-0.2, 0) is 27.4 Å². The van der Waals surface area contributed by atoms with E-state index in [2.05, 4.69) is 26.3 Å². The topological polar surface area (TPSA) is 145 Å². The molecule has 0 aliphatic carbocycles. The van der Waals surface area contributed by atoms with Crippen LogP contribution in [0.4, 0.5) is 4.79 Å². The summed E-state index contributed by atoms with van der Waals surface area (Å²) in [6.45, 7) is 11.4. The van der Waals surface area contributed by atoms with Crippen LogP contribution in [0.25, 0.3) is 0 Å². The molecule has 0 spiro atoms. The van der Waals surface area contributed by atoms with Crippen molar-refractivity contribution in [3.8, 4) is 0 Å². The number of hydrogen-bond donors (Lipinski definition) is 5. The van der Waals surface area contributed by atoms with E-state index < -0.39 is 36.2 Å². The molecule has 41 heavy (non-hydrogen) atoms. The Morgan fingerprint density at radius 1 is 1.20 bits per heavy atom. The Bertz CT molecular complexity index is 1110. The highest BCUT2D eigenvalue weighted by atomic mass is 32.1. The molecule has 1 aliphatic rings. The third kappa shape index (κ3) is 10.7.